The predicted octanol–water partition coefficient (Wildman–Crippen LogP) is 4.25. The zero-order valence-corrected chi connectivity index (χ0v) is 15.9. The number of carbonyl (C=O) groups is 1. The van der Waals surface area contributed by atoms with Crippen LogP contribution in [0.1, 0.15) is 50.2 Å². The number of amides is 1. The van der Waals surface area contributed by atoms with E-state index in [4.69, 9.17) is 5.73 Å². The van der Waals surface area contributed by atoms with Gasteiger partial charge in [-0.3, -0.25) is 4.79 Å². The Morgan fingerprint density at radius 2 is 2.12 bits per heavy atom. The predicted molar refractivity (Wildman–Crippen MR) is 104 cm³/mol. The van der Waals surface area contributed by atoms with E-state index in [1.54, 1.807) is 11.8 Å². The fourth-order valence-corrected chi connectivity index (χ4v) is 3.90. The monoisotopic (exact) mass is 346 g/mol. The summed E-state index contributed by atoms with van der Waals surface area (Å²) in [7, 11) is 0. The lowest BCUT2D eigenvalue weighted by atomic mass is 10.0. The molecule has 1 saturated carbocycles. The fraction of sp³-hybridized carbons (Fsp3) is 0.550. The maximum absolute atomic E-state index is 13.0. The first-order chi connectivity index (χ1) is 11.5. The lowest BCUT2D eigenvalue weighted by molar-refractivity contribution is -0.130. The van der Waals surface area contributed by atoms with Crippen molar-refractivity contribution in [3.8, 4) is 0 Å². The SMILES string of the molecule is CS/C=C(\C)C(=O)N(Cc1cccc(C)c1)C1CCCC(N)CC1. The van der Waals surface area contributed by atoms with Gasteiger partial charge in [0.1, 0.15) is 0 Å². The van der Waals surface area contributed by atoms with Crippen molar-refractivity contribution in [3.05, 3.63) is 46.4 Å². The molecule has 1 aliphatic rings. The van der Waals surface area contributed by atoms with Gasteiger partial charge in [-0.25, -0.2) is 0 Å². The number of carbonyl (C=O) groups excluding carboxylic acids is 1. The Hall–Kier alpha value is -1.26. The molecule has 0 spiro atoms. The average Bonchev–Trinajstić information content (AvgIpc) is 2.77. The van der Waals surface area contributed by atoms with Crippen LogP contribution in [-0.4, -0.2) is 29.1 Å². The Balaban J connectivity index is 2.23. The summed E-state index contributed by atoms with van der Waals surface area (Å²) < 4.78 is 0. The summed E-state index contributed by atoms with van der Waals surface area (Å²) in [5.74, 6) is 0.159. The highest BCUT2D eigenvalue weighted by atomic mass is 32.2. The standard InChI is InChI=1S/C20H30N2OS/c1-15-6-4-7-17(12-15)13-22(20(23)16(2)14-24-3)19-9-5-8-18(21)10-11-19/h4,6-7,12,14,18-19H,5,8-11,13,21H2,1-3H3/b16-14+. The largest absolute Gasteiger partial charge is 0.332 e. The van der Waals surface area contributed by atoms with Crippen LogP contribution in [0.25, 0.3) is 0 Å². The molecule has 2 unspecified atom stereocenters. The van der Waals surface area contributed by atoms with Crippen LogP contribution in [0.5, 0.6) is 0 Å². The van der Waals surface area contributed by atoms with E-state index in [0.29, 0.717) is 6.54 Å². The average molecular weight is 347 g/mol. The van der Waals surface area contributed by atoms with Gasteiger partial charge in [-0.15, -0.1) is 11.8 Å². The molecule has 24 heavy (non-hydrogen) atoms. The smallest absolute Gasteiger partial charge is 0.250 e. The molecule has 0 aliphatic heterocycles. The van der Waals surface area contributed by atoms with E-state index in [9.17, 15) is 4.79 Å². The van der Waals surface area contributed by atoms with Gasteiger partial charge in [0.05, 0.1) is 0 Å². The fourth-order valence-electron chi connectivity index (χ4n) is 3.45. The molecule has 2 N–H and O–H groups in total. The number of hydrogen-bond donors (Lipinski definition) is 1. The molecule has 0 saturated heterocycles. The summed E-state index contributed by atoms with van der Waals surface area (Å²) in [5.41, 5.74) is 9.40. The third-order valence-electron chi connectivity index (χ3n) is 4.75. The second kappa shape index (κ2) is 9.28. The molecule has 1 amide bonds. The Bertz CT molecular complexity index is 585. The summed E-state index contributed by atoms with van der Waals surface area (Å²) in [6.07, 6.45) is 7.24. The Kier molecular flexibility index (Phi) is 7.38. The molecule has 2 rings (SSSR count). The van der Waals surface area contributed by atoms with Gasteiger partial charge < -0.3 is 10.6 Å². The molecule has 1 aromatic rings. The molecule has 4 heteroatoms. The Labute approximate surface area is 150 Å². The molecule has 1 fully saturated rings. The molecule has 3 nitrogen and oxygen atoms in total. The molecule has 1 aliphatic carbocycles. The minimum Gasteiger partial charge on any atom is -0.332 e. The van der Waals surface area contributed by atoms with Crippen molar-refractivity contribution >= 4 is 17.7 Å². The van der Waals surface area contributed by atoms with Crippen LogP contribution in [0.15, 0.2) is 35.2 Å². The van der Waals surface area contributed by atoms with E-state index < -0.39 is 0 Å². The highest BCUT2D eigenvalue weighted by Crippen LogP contribution is 2.25. The summed E-state index contributed by atoms with van der Waals surface area (Å²) in [6.45, 7) is 4.70. The summed E-state index contributed by atoms with van der Waals surface area (Å²) in [6, 6.07) is 9.03. The second-order valence-corrected chi connectivity index (χ2v) is 7.59. The molecule has 0 heterocycles. The van der Waals surface area contributed by atoms with Crippen LogP contribution in [0, 0.1) is 6.92 Å². The van der Waals surface area contributed by atoms with Crippen LogP contribution in [0.3, 0.4) is 0 Å². The zero-order chi connectivity index (χ0) is 17.5. The molecule has 0 aromatic heterocycles. The zero-order valence-electron chi connectivity index (χ0n) is 15.1. The Morgan fingerprint density at radius 1 is 1.33 bits per heavy atom. The van der Waals surface area contributed by atoms with Crippen LogP contribution in [0.2, 0.25) is 0 Å². The highest BCUT2D eigenvalue weighted by molar-refractivity contribution is 8.01. The van der Waals surface area contributed by atoms with Crippen molar-refractivity contribution in [1.82, 2.24) is 4.90 Å². The third-order valence-corrected chi connectivity index (χ3v) is 5.34. The third kappa shape index (κ3) is 5.38. The van der Waals surface area contributed by atoms with Crippen molar-refractivity contribution in [2.75, 3.05) is 6.26 Å². The lowest BCUT2D eigenvalue weighted by Gasteiger charge is -2.32. The topological polar surface area (TPSA) is 46.3 Å². The molecule has 132 valence electrons. The van der Waals surface area contributed by atoms with Gasteiger partial charge in [0.2, 0.25) is 0 Å². The van der Waals surface area contributed by atoms with Crippen molar-refractivity contribution in [2.45, 2.75) is 64.6 Å². The van der Waals surface area contributed by atoms with Crippen molar-refractivity contribution in [1.29, 1.82) is 0 Å². The van der Waals surface area contributed by atoms with Crippen LogP contribution >= 0.6 is 11.8 Å². The van der Waals surface area contributed by atoms with E-state index in [2.05, 4.69) is 36.1 Å². The van der Waals surface area contributed by atoms with Gasteiger partial charge in [0.25, 0.3) is 5.91 Å². The van der Waals surface area contributed by atoms with Crippen LogP contribution < -0.4 is 5.73 Å². The van der Waals surface area contributed by atoms with Crippen molar-refractivity contribution < 1.29 is 4.79 Å². The van der Waals surface area contributed by atoms with Gasteiger partial charge in [-0.05, 0) is 63.2 Å². The van der Waals surface area contributed by atoms with Crippen molar-refractivity contribution in [3.63, 3.8) is 0 Å². The molecule has 1 aromatic carbocycles. The van der Waals surface area contributed by atoms with Gasteiger partial charge in [-0.1, -0.05) is 29.8 Å². The van der Waals surface area contributed by atoms with Crippen LogP contribution in [-0.2, 0) is 11.3 Å². The summed E-state index contributed by atoms with van der Waals surface area (Å²) in [5, 5.41) is 1.95. The highest BCUT2D eigenvalue weighted by Gasteiger charge is 2.27. The molecular weight excluding hydrogens is 316 g/mol. The molecule has 2 atom stereocenters. The normalized spacial score (nSPS) is 22.1. The first kappa shape index (κ1) is 19.1. The first-order valence-electron chi connectivity index (χ1n) is 8.83. The number of nitrogens with zero attached hydrogens (tertiary/aromatic N) is 1. The summed E-state index contributed by atoms with van der Waals surface area (Å²) >= 11 is 1.59. The van der Waals surface area contributed by atoms with Gasteiger partial charge in [0.15, 0.2) is 0 Å². The number of aryl methyl sites for hydroxylation is 1. The lowest BCUT2D eigenvalue weighted by Crippen LogP contribution is -2.40. The number of rotatable bonds is 5. The summed E-state index contributed by atoms with van der Waals surface area (Å²) in [4.78, 5) is 15.1. The molecule has 0 radical (unpaired) electrons. The minimum absolute atomic E-state index is 0.159. The van der Waals surface area contributed by atoms with Gasteiger partial charge >= 0.3 is 0 Å². The van der Waals surface area contributed by atoms with E-state index in [0.717, 1.165) is 37.7 Å². The number of hydrogen-bond acceptors (Lipinski definition) is 3. The second-order valence-electron chi connectivity index (χ2n) is 6.88. The number of nitrogens with two attached hydrogens (primary N) is 1. The van der Waals surface area contributed by atoms with E-state index in [-0.39, 0.29) is 18.0 Å². The maximum atomic E-state index is 13.0. The molecular formula is C20H30N2OS. The van der Waals surface area contributed by atoms with Gasteiger partial charge in [0, 0.05) is 24.2 Å². The Morgan fingerprint density at radius 3 is 2.83 bits per heavy atom. The van der Waals surface area contributed by atoms with Crippen LogP contribution in [0.4, 0.5) is 0 Å². The number of benzene rings is 1. The van der Waals surface area contributed by atoms with E-state index >= 15 is 0 Å². The minimum atomic E-state index is 0.159. The van der Waals surface area contributed by atoms with Gasteiger partial charge in [-0.2, -0.15) is 0 Å². The quantitative estimate of drug-likeness (QED) is 0.640. The van der Waals surface area contributed by atoms with E-state index in [1.807, 2.05) is 18.6 Å². The van der Waals surface area contributed by atoms with E-state index in [1.165, 1.54) is 11.1 Å². The first-order valence-corrected chi connectivity index (χ1v) is 10.1. The van der Waals surface area contributed by atoms with Crippen molar-refractivity contribution in [2.24, 2.45) is 5.73 Å². The number of thioether (sulfide) groups is 1. The molecule has 0 bridgehead atoms. The maximum Gasteiger partial charge on any atom is 0.250 e.